The van der Waals surface area contributed by atoms with Gasteiger partial charge in [0.05, 0.1) is 12.2 Å². The molecule has 3 nitrogen and oxygen atoms in total. The first-order chi connectivity index (χ1) is 18.0. The molecule has 39 heavy (non-hydrogen) atoms. The normalized spacial score (nSPS) is 29.7. The molecule has 6 heteroatoms. The van der Waals surface area contributed by atoms with Crippen molar-refractivity contribution in [3.8, 4) is 11.8 Å². The first-order valence-electron chi connectivity index (χ1n) is 14.2. The van der Waals surface area contributed by atoms with Gasteiger partial charge in [0, 0.05) is 17.9 Å². The van der Waals surface area contributed by atoms with Crippen molar-refractivity contribution in [1.29, 1.82) is 0 Å². The summed E-state index contributed by atoms with van der Waals surface area (Å²) in [5, 5.41) is 0.112. The molecule has 1 aromatic carbocycles. The largest absolute Gasteiger partial charge is 0.414 e. The predicted molar refractivity (Wildman–Crippen MR) is 179 cm³/mol. The maximum Gasteiger partial charge on any atom is 0.192 e. The van der Waals surface area contributed by atoms with Crippen LogP contribution in [0.1, 0.15) is 52.5 Å². The molecule has 0 spiro atoms. The van der Waals surface area contributed by atoms with E-state index < -0.39 is 33.4 Å². The van der Waals surface area contributed by atoms with Crippen molar-refractivity contribution in [3.63, 3.8) is 0 Å². The third-order valence-electron chi connectivity index (χ3n) is 8.61. The smallest absolute Gasteiger partial charge is 0.192 e. The third-order valence-corrected chi connectivity index (χ3v) is 14.6. The zero-order chi connectivity index (χ0) is 29.2. The first-order valence-corrected chi connectivity index (χ1v) is 21.8. The number of halogens is 1. The second-order valence-corrected chi connectivity index (χ2v) is 23.8. The Bertz CT molecular complexity index is 1120. The topological polar surface area (TPSA) is 27.7 Å². The summed E-state index contributed by atoms with van der Waals surface area (Å²) in [6.07, 6.45) is 11.2. The van der Waals surface area contributed by atoms with Crippen LogP contribution in [0.4, 0.5) is 0 Å². The summed E-state index contributed by atoms with van der Waals surface area (Å²) in [5.74, 6) is 7.52. The summed E-state index contributed by atoms with van der Waals surface area (Å²) in [6.45, 7) is 25.3. The zero-order valence-corrected chi connectivity index (χ0v) is 29.7. The molecule has 0 radical (unpaired) electrons. The van der Waals surface area contributed by atoms with E-state index in [9.17, 15) is 0 Å². The molecule has 0 aliphatic carbocycles. The Hall–Kier alpha value is -0.956. The molecular weight excluding hydrogens is 627 g/mol. The maximum atomic E-state index is 7.30. The van der Waals surface area contributed by atoms with Gasteiger partial charge in [-0.05, 0) is 72.7 Å². The number of ether oxygens (including phenoxy) is 1. The Kier molecular flexibility index (Phi) is 10.1. The van der Waals surface area contributed by atoms with Crippen LogP contribution in [0.5, 0.6) is 0 Å². The minimum atomic E-state index is -2.04. The SMILES string of the molecule is C=CC[C@H]1[C@]2([C@H](C)C/C=C\I)C=C[C@@](CO[Si](C)(C)C(C)(C)C)(C[C@@]1(C#Cc1ccccc1)O[Si](C)(C)C)O2. The van der Waals surface area contributed by atoms with Crippen LogP contribution in [0.25, 0.3) is 0 Å². The second-order valence-electron chi connectivity index (χ2n) is 13.9. The number of benzene rings is 1. The van der Waals surface area contributed by atoms with Crippen LogP contribution in [0, 0.1) is 23.7 Å². The number of rotatable bonds is 10. The van der Waals surface area contributed by atoms with Gasteiger partial charge >= 0.3 is 0 Å². The Morgan fingerprint density at radius 3 is 2.38 bits per heavy atom. The van der Waals surface area contributed by atoms with E-state index in [0.29, 0.717) is 13.0 Å². The lowest BCUT2D eigenvalue weighted by molar-refractivity contribution is -0.235. The monoisotopic (exact) mass is 676 g/mol. The van der Waals surface area contributed by atoms with E-state index >= 15 is 0 Å². The van der Waals surface area contributed by atoms with Gasteiger partial charge in [0.1, 0.15) is 11.2 Å². The molecule has 2 heterocycles. The van der Waals surface area contributed by atoms with E-state index in [1.807, 2.05) is 24.3 Å². The fraction of sp³-hybridized carbons (Fsp3) is 0.576. The van der Waals surface area contributed by atoms with Gasteiger partial charge in [-0.3, -0.25) is 0 Å². The summed E-state index contributed by atoms with van der Waals surface area (Å²) in [4.78, 5) is 0. The Balaban J connectivity index is 2.21. The zero-order valence-electron chi connectivity index (χ0n) is 25.6. The van der Waals surface area contributed by atoms with E-state index in [0.717, 1.165) is 18.4 Å². The molecule has 0 amide bonds. The molecule has 5 atom stereocenters. The number of hydrogen-bond acceptors (Lipinski definition) is 3. The number of fused-ring (bicyclic) bond motifs is 2. The molecule has 1 saturated heterocycles. The molecule has 0 aromatic heterocycles. The van der Waals surface area contributed by atoms with Crippen LogP contribution >= 0.6 is 22.6 Å². The van der Waals surface area contributed by atoms with Gasteiger partial charge in [0.15, 0.2) is 16.6 Å². The van der Waals surface area contributed by atoms with Crippen molar-refractivity contribution in [2.24, 2.45) is 11.8 Å². The highest BCUT2D eigenvalue weighted by Gasteiger charge is 2.66. The molecule has 3 rings (SSSR count). The van der Waals surface area contributed by atoms with E-state index in [1.54, 1.807) is 0 Å². The van der Waals surface area contributed by atoms with Crippen LogP contribution in [0.15, 0.2) is 65.3 Å². The van der Waals surface area contributed by atoms with Gasteiger partial charge in [0.2, 0.25) is 0 Å². The minimum absolute atomic E-state index is 0.00259. The molecule has 2 aliphatic rings. The van der Waals surface area contributed by atoms with Gasteiger partial charge in [0.25, 0.3) is 0 Å². The van der Waals surface area contributed by atoms with Crippen molar-refractivity contribution >= 4 is 39.2 Å². The molecule has 0 saturated carbocycles. The van der Waals surface area contributed by atoms with Gasteiger partial charge in [-0.25, -0.2) is 0 Å². The van der Waals surface area contributed by atoms with Crippen molar-refractivity contribution < 1.29 is 13.6 Å². The Morgan fingerprint density at radius 1 is 1.15 bits per heavy atom. The Morgan fingerprint density at radius 2 is 1.82 bits per heavy atom. The maximum absolute atomic E-state index is 7.30. The number of hydrogen-bond donors (Lipinski definition) is 0. The third kappa shape index (κ3) is 7.28. The highest BCUT2D eigenvalue weighted by molar-refractivity contribution is 14.1. The fourth-order valence-electron chi connectivity index (χ4n) is 5.66. The molecule has 1 fully saturated rings. The van der Waals surface area contributed by atoms with Crippen LogP contribution in [0.3, 0.4) is 0 Å². The van der Waals surface area contributed by atoms with Gasteiger partial charge < -0.3 is 13.6 Å². The van der Waals surface area contributed by atoms with Crippen LogP contribution in [-0.2, 0) is 13.6 Å². The van der Waals surface area contributed by atoms with E-state index in [-0.39, 0.29) is 16.9 Å². The van der Waals surface area contributed by atoms with Crippen LogP contribution in [0.2, 0.25) is 37.8 Å². The minimum Gasteiger partial charge on any atom is -0.414 e. The summed E-state index contributed by atoms with van der Waals surface area (Å²) in [5.41, 5.74) is -0.831. The van der Waals surface area contributed by atoms with Crippen molar-refractivity contribution in [3.05, 3.63) is 70.9 Å². The lowest BCUT2D eigenvalue weighted by Gasteiger charge is -2.57. The quantitative estimate of drug-likeness (QED) is 0.107. The van der Waals surface area contributed by atoms with Gasteiger partial charge in [-0.1, -0.05) is 105 Å². The lowest BCUT2D eigenvalue weighted by atomic mass is 9.64. The molecule has 2 bridgehead atoms. The summed E-state index contributed by atoms with van der Waals surface area (Å²) >= 11 is 2.31. The summed E-state index contributed by atoms with van der Waals surface area (Å²) in [6, 6.07) is 10.3. The number of allylic oxidation sites excluding steroid dienone is 2. The van der Waals surface area contributed by atoms with Gasteiger partial charge in [-0.15, -0.1) is 6.58 Å². The van der Waals surface area contributed by atoms with E-state index in [1.165, 1.54) is 0 Å². The average molecular weight is 677 g/mol. The Labute approximate surface area is 254 Å². The average Bonchev–Trinajstić information content (AvgIpc) is 3.18. The molecule has 2 aliphatic heterocycles. The van der Waals surface area contributed by atoms with E-state index in [4.69, 9.17) is 13.6 Å². The van der Waals surface area contributed by atoms with Crippen LogP contribution < -0.4 is 0 Å². The van der Waals surface area contributed by atoms with E-state index in [2.05, 4.69) is 136 Å². The lowest BCUT2D eigenvalue weighted by Crippen LogP contribution is -2.66. The fourth-order valence-corrected chi connectivity index (χ4v) is 8.35. The molecular formula is C33H49IO3Si2. The molecule has 0 unspecified atom stereocenters. The standard InChI is InChI=1S/C33H49IO3Si2/c1-11-16-29-32(37-38(6,7)8,21-20-28-18-13-12-14-19-28)25-31(26-35-39(9,10)30(3,4)5)22-23-33(29,36-31)27(2)17-15-24-34/h11-15,18-19,22-24,27,29H,1,16-17,25-26H2,2-10H3/b24-15-/t27-,29-,31+,32-,33-/m1/s1. The van der Waals surface area contributed by atoms with Crippen molar-refractivity contribution in [2.45, 2.75) is 102 Å². The van der Waals surface area contributed by atoms with Crippen molar-refractivity contribution in [1.82, 2.24) is 0 Å². The highest BCUT2D eigenvalue weighted by atomic mass is 127. The summed E-state index contributed by atoms with van der Waals surface area (Å²) < 4.78 is 23.5. The van der Waals surface area contributed by atoms with Crippen molar-refractivity contribution in [2.75, 3.05) is 6.61 Å². The van der Waals surface area contributed by atoms with Gasteiger partial charge in [-0.2, -0.15) is 0 Å². The second kappa shape index (κ2) is 12.1. The summed E-state index contributed by atoms with van der Waals surface area (Å²) in [7, 11) is -4.05. The predicted octanol–water partition coefficient (Wildman–Crippen LogP) is 9.29. The molecule has 0 N–H and O–H groups in total. The molecule has 214 valence electrons. The van der Waals surface area contributed by atoms with Crippen LogP contribution in [-0.4, -0.2) is 40.0 Å². The first kappa shape index (κ1) is 32.6. The highest BCUT2D eigenvalue weighted by Crippen LogP contribution is 2.58. The molecule has 1 aromatic rings.